The maximum atomic E-state index is 12.6. The van der Waals surface area contributed by atoms with Crippen LogP contribution in [0.4, 0.5) is 0 Å². The van der Waals surface area contributed by atoms with E-state index in [4.69, 9.17) is 4.74 Å². The number of nitrogens with zero attached hydrogens (tertiary/aromatic N) is 1. The van der Waals surface area contributed by atoms with Crippen molar-refractivity contribution in [2.24, 2.45) is 11.3 Å². The number of ether oxygens (including phenoxy) is 1. The zero-order valence-electron chi connectivity index (χ0n) is 17.1. The summed E-state index contributed by atoms with van der Waals surface area (Å²) in [6.45, 7) is 14.9. The molecule has 1 fully saturated rings. The van der Waals surface area contributed by atoms with Crippen molar-refractivity contribution in [3.63, 3.8) is 0 Å². The van der Waals surface area contributed by atoms with Crippen LogP contribution in [0.15, 0.2) is 0 Å². The molecule has 1 aliphatic heterocycles. The van der Waals surface area contributed by atoms with E-state index in [0.717, 1.165) is 0 Å². The van der Waals surface area contributed by atoms with Crippen LogP contribution in [0.25, 0.3) is 0 Å². The van der Waals surface area contributed by atoms with E-state index in [2.05, 4.69) is 0 Å². The number of aliphatic hydroxyl groups is 1. The standard InChI is InChI=1S/C20H37NO4/c1-15(2)12-17(23)25-19(5,6)14-18(3,4)13-16(22)21-10-8-20(7,24)9-11-21/h15,24H,8-14H2,1-7H3. The molecule has 1 heterocycles. The fraction of sp³-hybridized carbons (Fsp3) is 0.900. The molecule has 1 rings (SSSR count). The number of likely N-dealkylation sites (tertiary alicyclic amines) is 1. The maximum Gasteiger partial charge on any atom is 0.306 e. The summed E-state index contributed by atoms with van der Waals surface area (Å²) in [7, 11) is 0. The van der Waals surface area contributed by atoms with Gasteiger partial charge in [-0.25, -0.2) is 0 Å². The van der Waals surface area contributed by atoms with Crippen LogP contribution >= 0.6 is 0 Å². The Morgan fingerprint density at radius 2 is 1.68 bits per heavy atom. The van der Waals surface area contributed by atoms with Gasteiger partial charge in [-0.1, -0.05) is 27.7 Å². The highest BCUT2D eigenvalue weighted by Crippen LogP contribution is 2.35. The second-order valence-corrected chi connectivity index (χ2v) is 9.73. The molecular formula is C20H37NO4. The van der Waals surface area contributed by atoms with Gasteiger partial charge in [0.05, 0.1) is 5.60 Å². The van der Waals surface area contributed by atoms with Crippen molar-refractivity contribution in [2.75, 3.05) is 13.1 Å². The van der Waals surface area contributed by atoms with Gasteiger partial charge in [0.2, 0.25) is 5.91 Å². The topological polar surface area (TPSA) is 66.8 Å². The zero-order chi connectivity index (χ0) is 19.5. The Hall–Kier alpha value is -1.10. The van der Waals surface area contributed by atoms with Crippen molar-refractivity contribution in [3.05, 3.63) is 0 Å². The summed E-state index contributed by atoms with van der Waals surface area (Å²) in [5, 5.41) is 10.0. The first-order valence-electron chi connectivity index (χ1n) is 9.43. The Bertz CT molecular complexity index is 470. The van der Waals surface area contributed by atoms with E-state index >= 15 is 0 Å². The number of carbonyl (C=O) groups excluding carboxylic acids is 2. The van der Waals surface area contributed by atoms with Gasteiger partial charge in [-0.05, 0) is 51.4 Å². The van der Waals surface area contributed by atoms with Crippen LogP contribution in [0.2, 0.25) is 0 Å². The molecule has 25 heavy (non-hydrogen) atoms. The van der Waals surface area contributed by atoms with Crippen molar-refractivity contribution < 1.29 is 19.4 Å². The lowest BCUT2D eigenvalue weighted by Gasteiger charge is -2.39. The summed E-state index contributed by atoms with van der Waals surface area (Å²) >= 11 is 0. The largest absolute Gasteiger partial charge is 0.460 e. The molecule has 1 N–H and O–H groups in total. The van der Waals surface area contributed by atoms with Gasteiger partial charge in [-0.3, -0.25) is 9.59 Å². The minimum Gasteiger partial charge on any atom is -0.460 e. The van der Waals surface area contributed by atoms with Crippen LogP contribution in [0.1, 0.15) is 80.6 Å². The summed E-state index contributed by atoms with van der Waals surface area (Å²) in [6, 6.07) is 0. The van der Waals surface area contributed by atoms with Gasteiger partial charge in [0.1, 0.15) is 5.60 Å². The van der Waals surface area contributed by atoms with E-state index in [-0.39, 0.29) is 23.2 Å². The lowest BCUT2D eigenvalue weighted by molar-refractivity contribution is -0.160. The zero-order valence-corrected chi connectivity index (χ0v) is 17.1. The molecule has 0 aromatic carbocycles. The molecule has 1 amide bonds. The van der Waals surface area contributed by atoms with Crippen LogP contribution in [-0.2, 0) is 14.3 Å². The molecule has 5 nitrogen and oxygen atoms in total. The monoisotopic (exact) mass is 355 g/mol. The molecule has 146 valence electrons. The molecule has 0 atom stereocenters. The predicted octanol–water partition coefficient (Wildman–Crippen LogP) is 3.53. The second kappa shape index (κ2) is 8.07. The lowest BCUT2D eigenvalue weighted by Crippen LogP contribution is -2.46. The fourth-order valence-corrected chi connectivity index (χ4v) is 3.69. The second-order valence-electron chi connectivity index (χ2n) is 9.73. The van der Waals surface area contributed by atoms with E-state index in [1.165, 1.54) is 0 Å². The lowest BCUT2D eigenvalue weighted by atomic mass is 9.78. The minimum absolute atomic E-state index is 0.116. The van der Waals surface area contributed by atoms with E-state index in [0.29, 0.717) is 45.2 Å². The molecule has 0 spiro atoms. The smallest absolute Gasteiger partial charge is 0.306 e. The van der Waals surface area contributed by atoms with Gasteiger partial charge in [-0.2, -0.15) is 0 Å². The molecule has 0 bridgehead atoms. The molecule has 0 aliphatic carbocycles. The SMILES string of the molecule is CC(C)CC(=O)OC(C)(C)CC(C)(C)CC(=O)N1CCC(C)(O)CC1. The number of piperidine rings is 1. The molecule has 0 aromatic rings. The first kappa shape index (κ1) is 21.9. The van der Waals surface area contributed by atoms with Crippen LogP contribution < -0.4 is 0 Å². The van der Waals surface area contributed by atoms with Crippen molar-refractivity contribution >= 4 is 11.9 Å². The van der Waals surface area contributed by atoms with Gasteiger partial charge < -0.3 is 14.7 Å². The molecule has 1 aliphatic rings. The number of esters is 1. The Morgan fingerprint density at radius 1 is 1.16 bits per heavy atom. The summed E-state index contributed by atoms with van der Waals surface area (Å²) in [6.07, 6.45) is 2.70. The average molecular weight is 356 g/mol. The Morgan fingerprint density at radius 3 is 2.16 bits per heavy atom. The molecule has 5 heteroatoms. The third-order valence-corrected chi connectivity index (χ3v) is 4.69. The number of rotatable bonds is 7. The molecular weight excluding hydrogens is 318 g/mol. The third kappa shape index (κ3) is 8.21. The Balaban J connectivity index is 2.56. The highest BCUT2D eigenvalue weighted by atomic mass is 16.6. The molecule has 0 radical (unpaired) electrons. The highest BCUT2D eigenvalue weighted by Gasteiger charge is 2.36. The predicted molar refractivity (Wildman–Crippen MR) is 99.1 cm³/mol. The Kier molecular flexibility index (Phi) is 7.08. The van der Waals surface area contributed by atoms with Gasteiger partial charge in [-0.15, -0.1) is 0 Å². The summed E-state index contributed by atoms with van der Waals surface area (Å²) in [4.78, 5) is 26.4. The van der Waals surface area contributed by atoms with Crippen LogP contribution in [0.3, 0.4) is 0 Å². The highest BCUT2D eigenvalue weighted by molar-refractivity contribution is 5.77. The van der Waals surface area contributed by atoms with Gasteiger partial charge in [0.25, 0.3) is 0 Å². The summed E-state index contributed by atoms with van der Waals surface area (Å²) in [5.74, 6) is 0.208. The van der Waals surface area contributed by atoms with Crippen LogP contribution in [0, 0.1) is 11.3 Å². The van der Waals surface area contributed by atoms with E-state index in [1.807, 2.05) is 53.4 Å². The van der Waals surface area contributed by atoms with Gasteiger partial charge >= 0.3 is 5.97 Å². The molecule has 0 saturated carbocycles. The van der Waals surface area contributed by atoms with Crippen LogP contribution in [-0.4, -0.2) is 46.2 Å². The average Bonchev–Trinajstić information content (AvgIpc) is 2.33. The summed E-state index contributed by atoms with van der Waals surface area (Å²) in [5.41, 5.74) is -1.51. The van der Waals surface area contributed by atoms with Crippen molar-refractivity contribution in [3.8, 4) is 0 Å². The fourth-order valence-electron chi connectivity index (χ4n) is 3.69. The van der Waals surface area contributed by atoms with Crippen molar-refractivity contribution in [2.45, 2.75) is 91.8 Å². The van der Waals surface area contributed by atoms with Crippen molar-refractivity contribution in [1.82, 2.24) is 4.90 Å². The quantitative estimate of drug-likeness (QED) is 0.709. The first-order chi connectivity index (χ1) is 11.2. The number of hydrogen-bond acceptors (Lipinski definition) is 4. The third-order valence-electron chi connectivity index (χ3n) is 4.69. The number of hydrogen-bond donors (Lipinski definition) is 1. The van der Waals surface area contributed by atoms with E-state index in [9.17, 15) is 14.7 Å². The summed E-state index contributed by atoms with van der Waals surface area (Å²) < 4.78 is 5.64. The minimum atomic E-state index is -0.654. The van der Waals surface area contributed by atoms with E-state index in [1.54, 1.807) is 0 Å². The van der Waals surface area contributed by atoms with Crippen molar-refractivity contribution in [1.29, 1.82) is 0 Å². The first-order valence-corrected chi connectivity index (χ1v) is 9.43. The number of amides is 1. The maximum absolute atomic E-state index is 12.6. The van der Waals surface area contributed by atoms with Crippen LogP contribution in [0.5, 0.6) is 0 Å². The van der Waals surface area contributed by atoms with Gasteiger partial charge in [0.15, 0.2) is 0 Å². The van der Waals surface area contributed by atoms with Gasteiger partial charge in [0, 0.05) is 25.9 Å². The Labute approximate surface area is 153 Å². The molecule has 0 aromatic heterocycles. The number of carbonyl (C=O) groups is 2. The molecule has 0 unspecified atom stereocenters. The molecule has 1 saturated heterocycles. The normalized spacial score (nSPS) is 18.4. The van der Waals surface area contributed by atoms with E-state index < -0.39 is 11.2 Å².